The van der Waals surface area contributed by atoms with Crippen LogP contribution in [0.5, 0.6) is 0 Å². The minimum Gasteiger partial charge on any atom is -0.323 e. The van der Waals surface area contributed by atoms with Crippen LogP contribution in [0.1, 0.15) is 31.9 Å². The third-order valence-corrected chi connectivity index (χ3v) is 5.41. The molecule has 1 amide bonds. The molecule has 0 saturated carbocycles. The first-order valence-corrected chi connectivity index (χ1v) is 9.01. The Morgan fingerprint density at radius 3 is 2.61 bits per heavy atom. The molecular formula is C17H22ClN3OS. The number of amides is 1. The van der Waals surface area contributed by atoms with E-state index in [1.165, 1.54) is 27.6 Å². The molecule has 2 rings (SSSR count). The number of aryl methyl sites for hydroxylation is 2. The maximum Gasteiger partial charge on any atom is 0.344 e. The lowest BCUT2D eigenvalue weighted by Gasteiger charge is -2.17. The van der Waals surface area contributed by atoms with Gasteiger partial charge >= 0.3 is 6.03 Å². The van der Waals surface area contributed by atoms with Crippen LogP contribution in [0, 0.1) is 6.92 Å². The van der Waals surface area contributed by atoms with Crippen molar-refractivity contribution in [3.05, 3.63) is 40.5 Å². The van der Waals surface area contributed by atoms with Gasteiger partial charge in [-0.25, -0.2) is 4.79 Å². The Morgan fingerprint density at radius 1 is 1.30 bits per heavy atom. The summed E-state index contributed by atoms with van der Waals surface area (Å²) in [5.74, 6) is 0. The predicted molar refractivity (Wildman–Crippen MR) is 95.6 cm³/mol. The Kier molecular flexibility index (Phi) is 6.13. The molecule has 4 nitrogen and oxygen atoms in total. The van der Waals surface area contributed by atoms with Crippen LogP contribution in [0.3, 0.4) is 0 Å². The van der Waals surface area contributed by atoms with Gasteiger partial charge in [0.15, 0.2) is 0 Å². The van der Waals surface area contributed by atoms with Gasteiger partial charge in [-0.05, 0) is 38.3 Å². The number of halogens is 1. The second-order valence-electron chi connectivity index (χ2n) is 5.20. The zero-order valence-corrected chi connectivity index (χ0v) is 15.5. The molecule has 0 unspecified atom stereocenters. The smallest absolute Gasteiger partial charge is 0.323 e. The quantitative estimate of drug-likeness (QED) is 0.771. The van der Waals surface area contributed by atoms with Gasteiger partial charge in [0, 0.05) is 18.0 Å². The van der Waals surface area contributed by atoms with E-state index in [2.05, 4.69) is 37.1 Å². The van der Waals surface area contributed by atoms with Crippen molar-refractivity contribution in [2.75, 3.05) is 13.1 Å². The highest BCUT2D eigenvalue weighted by Crippen LogP contribution is 2.36. The van der Waals surface area contributed by atoms with Crippen molar-refractivity contribution in [1.29, 1.82) is 0 Å². The molecule has 0 atom stereocenters. The van der Waals surface area contributed by atoms with Crippen LogP contribution in [0.4, 0.5) is 4.79 Å². The molecule has 1 aromatic carbocycles. The van der Waals surface area contributed by atoms with E-state index in [1.807, 2.05) is 13.8 Å². The maximum atomic E-state index is 12.4. The molecule has 2 aromatic rings. The summed E-state index contributed by atoms with van der Waals surface area (Å²) in [5.41, 5.74) is 2.45. The number of benzene rings is 1. The Labute approximate surface area is 146 Å². The van der Waals surface area contributed by atoms with Crippen LogP contribution in [-0.2, 0) is 6.42 Å². The molecule has 0 aliphatic rings. The largest absolute Gasteiger partial charge is 0.344 e. The Hall–Kier alpha value is -1.46. The van der Waals surface area contributed by atoms with Crippen molar-refractivity contribution in [3.63, 3.8) is 0 Å². The van der Waals surface area contributed by atoms with Crippen LogP contribution in [0.25, 0.3) is 0 Å². The summed E-state index contributed by atoms with van der Waals surface area (Å²) < 4.78 is 1.33. The van der Waals surface area contributed by atoms with Crippen LogP contribution < -0.4 is 0 Å². The Bertz CT molecular complexity index is 695. The topological polar surface area (TPSA) is 38.1 Å². The molecule has 23 heavy (non-hydrogen) atoms. The number of hydrogen-bond donors (Lipinski definition) is 0. The molecule has 6 heteroatoms. The fraction of sp³-hybridized carbons (Fsp3) is 0.412. The molecule has 0 saturated heterocycles. The van der Waals surface area contributed by atoms with E-state index in [4.69, 9.17) is 11.6 Å². The molecule has 0 N–H and O–H groups in total. The van der Waals surface area contributed by atoms with Crippen molar-refractivity contribution in [3.8, 4) is 0 Å². The van der Waals surface area contributed by atoms with Crippen LogP contribution >= 0.6 is 23.4 Å². The number of aromatic nitrogens is 2. The van der Waals surface area contributed by atoms with Crippen molar-refractivity contribution >= 4 is 29.4 Å². The van der Waals surface area contributed by atoms with Crippen molar-refractivity contribution < 1.29 is 4.79 Å². The lowest BCUT2D eigenvalue weighted by atomic mass is 10.1. The summed E-state index contributed by atoms with van der Waals surface area (Å²) in [4.78, 5) is 15.2. The maximum absolute atomic E-state index is 12.4. The molecule has 0 fully saturated rings. The minimum atomic E-state index is -0.149. The van der Waals surface area contributed by atoms with Crippen molar-refractivity contribution in [1.82, 2.24) is 14.7 Å². The first-order chi connectivity index (χ1) is 11.0. The minimum absolute atomic E-state index is 0.149. The highest BCUT2D eigenvalue weighted by Gasteiger charge is 2.18. The molecule has 0 radical (unpaired) electrons. The van der Waals surface area contributed by atoms with E-state index < -0.39 is 0 Å². The SMILES string of the molecule is CCc1cccc(C)c1Sc1nn(C(=O)N(CC)CC)cc1Cl. The lowest BCUT2D eigenvalue weighted by molar-refractivity contribution is 0.201. The molecule has 1 heterocycles. The summed E-state index contributed by atoms with van der Waals surface area (Å²) in [6.07, 6.45) is 2.54. The third kappa shape index (κ3) is 3.90. The highest BCUT2D eigenvalue weighted by molar-refractivity contribution is 7.99. The number of hydrogen-bond acceptors (Lipinski definition) is 3. The van der Waals surface area contributed by atoms with Gasteiger partial charge in [0.25, 0.3) is 0 Å². The fourth-order valence-electron chi connectivity index (χ4n) is 2.38. The van der Waals surface area contributed by atoms with Crippen LogP contribution in [0.15, 0.2) is 34.3 Å². The summed E-state index contributed by atoms with van der Waals surface area (Å²) in [6.45, 7) is 9.39. The number of carbonyl (C=O) groups excluding carboxylic acids is 1. The molecule has 1 aromatic heterocycles. The summed E-state index contributed by atoms with van der Waals surface area (Å²) in [5, 5.41) is 5.56. The van der Waals surface area contributed by atoms with E-state index in [-0.39, 0.29) is 6.03 Å². The second-order valence-corrected chi connectivity index (χ2v) is 6.61. The first kappa shape index (κ1) is 17.9. The summed E-state index contributed by atoms with van der Waals surface area (Å²) in [7, 11) is 0. The lowest BCUT2D eigenvalue weighted by Crippen LogP contribution is -2.34. The van der Waals surface area contributed by atoms with Crippen LogP contribution in [0.2, 0.25) is 5.02 Å². The third-order valence-electron chi connectivity index (χ3n) is 3.74. The van der Waals surface area contributed by atoms with Crippen molar-refractivity contribution in [2.45, 2.75) is 44.0 Å². The molecule has 124 valence electrons. The van der Waals surface area contributed by atoms with E-state index in [0.717, 1.165) is 11.3 Å². The van der Waals surface area contributed by atoms with E-state index in [9.17, 15) is 4.79 Å². The normalized spacial score (nSPS) is 10.8. The Morgan fingerprint density at radius 2 is 2.00 bits per heavy atom. The zero-order chi connectivity index (χ0) is 17.0. The second kappa shape index (κ2) is 7.88. The number of nitrogens with zero attached hydrogens (tertiary/aromatic N) is 3. The Balaban J connectivity index is 2.31. The van der Waals surface area contributed by atoms with Gasteiger partial charge in [-0.1, -0.05) is 48.5 Å². The molecule has 0 spiro atoms. The predicted octanol–water partition coefficient (Wildman–Crippen LogP) is 4.87. The highest BCUT2D eigenvalue weighted by atomic mass is 35.5. The molecule has 0 bridgehead atoms. The van der Waals surface area contributed by atoms with Gasteiger partial charge in [-0.15, -0.1) is 0 Å². The van der Waals surface area contributed by atoms with Gasteiger partial charge < -0.3 is 4.90 Å². The van der Waals surface area contributed by atoms with E-state index in [0.29, 0.717) is 23.1 Å². The molecule has 0 aliphatic carbocycles. The van der Waals surface area contributed by atoms with E-state index in [1.54, 1.807) is 11.1 Å². The van der Waals surface area contributed by atoms with E-state index >= 15 is 0 Å². The molecule has 0 aliphatic heterocycles. The summed E-state index contributed by atoms with van der Waals surface area (Å²) in [6, 6.07) is 6.10. The van der Waals surface area contributed by atoms with Crippen molar-refractivity contribution in [2.24, 2.45) is 0 Å². The van der Waals surface area contributed by atoms with Gasteiger partial charge in [0.2, 0.25) is 0 Å². The summed E-state index contributed by atoms with van der Waals surface area (Å²) >= 11 is 7.83. The number of carbonyl (C=O) groups is 1. The number of rotatable bonds is 5. The van der Waals surface area contributed by atoms with Gasteiger partial charge in [0.1, 0.15) is 5.03 Å². The average Bonchev–Trinajstić information content (AvgIpc) is 2.91. The monoisotopic (exact) mass is 351 g/mol. The van der Waals surface area contributed by atoms with Gasteiger partial charge in [0.05, 0.1) is 11.2 Å². The fourth-order valence-corrected chi connectivity index (χ4v) is 3.67. The average molecular weight is 352 g/mol. The van der Waals surface area contributed by atoms with Crippen LogP contribution in [-0.4, -0.2) is 33.8 Å². The molecular weight excluding hydrogens is 330 g/mol. The zero-order valence-electron chi connectivity index (χ0n) is 14.0. The standard InChI is InChI=1S/C17H22ClN3OS/c1-5-13-10-8-9-12(4)15(13)23-16-14(18)11-21(19-16)17(22)20(6-2)7-3/h8-11H,5-7H2,1-4H3. The van der Waals surface area contributed by atoms with Gasteiger partial charge in [-0.2, -0.15) is 9.78 Å². The first-order valence-electron chi connectivity index (χ1n) is 7.82. The van der Waals surface area contributed by atoms with Gasteiger partial charge in [-0.3, -0.25) is 0 Å².